The van der Waals surface area contributed by atoms with Crippen molar-refractivity contribution in [3.05, 3.63) is 47.7 Å². The SMILES string of the molecule is COc1cc(F)c([C@H](c2ccco2)N2CCNCC2)cc1OC.Cl. The third-order valence-electron chi connectivity index (χ3n) is 4.13. The fourth-order valence-corrected chi connectivity index (χ4v) is 3.00. The highest BCUT2D eigenvalue weighted by Crippen LogP contribution is 2.37. The summed E-state index contributed by atoms with van der Waals surface area (Å²) in [5.74, 6) is 1.28. The number of ether oxygens (including phenoxy) is 2. The molecule has 0 spiro atoms. The van der Waals surface area contributed by atoms with Crippen molar-refractivity contribution < 1.29 is 18.3 Å². The fraction of sp³-hybridized carbons (Fsp3) is 0.412. The van der Waals surface area contributed by atoms with E-state index in [1.54, 1.807) is 19.4 Å². The van der Waals surface area contributed by atoms with Crippen LogP contribution >= 0.6 is 12.4 Å². The normalized spacial score (nSPS) is 16.3. The molecule has 1 saturated heterocycles. The lowest BCUT2D eigenvalue weighted by Gasteiger charge is -2.34. The van der Waals surface area contributed by atoms with Gasteiger partial charge in [-0.2, -0.15) is 0 Å². The van der Waals surface area contributed by atoms with Crippen LogP contribution in [0.25, 0.3) is 0 Å². The zero-order chi connectivity index (χ0) is 16.2. The molecule has 24 heavy (non-hydrogen) atoms. The molecule has 1 aliphatic rings. The number of piperazine rings is 1. The molecule has 1 aromatic carbocycles. The van der Waals surface area contributed by atoms with Gasteiger partial charge in [0, 0.05) is 37.8 Å². The zero-order valence-electron chi connectivity index (χ0n) is 13.8. The van der Waals surface area contributed by atoms with Crippen molar-refractivity contribution in [1.29, 1.82) is 0 Å². The summed E-state index contributed by atoms with van der Waals surface area (Å²) in [7, 11) is 3.05. The van der Waals surface area contributed by atoms with E-state index in [0.717, 1.165) is 31.9 Å². The van der Waals surface area contributed by atoms with Crippen molar-refractivity contribution >= 4 is 12.4 Å². The Morgan fingerprint density at radius 1 is 1.17 bits per heavy atom. The fourth-order valence-electron chi connectivity index (χ4n) is 3.00. The Labute approximate surface area is 147 Å². The number of rotatable bonds is 5. The Morgan fingerprint density at radius 2 is 1.83 bits per heavy atom. The third kappa shape index (κ3) is 3.66. The highest BCUT2D eigenvalue weighted by molar-refractivity contribution is 5.85. The van der Waals surface area contributed by atoms with Crippen LogP contribution in [0.5, 0.6) is 11.5 Å². The molecule has 0 bridgehead atoms. The van der Waals surface area contributed by atoms with E-state index >= 15 is 0 Å². The van der Waals surface area contributed by atoms with Gasteiger partial charge in [-0.15, -0.1) is 12.4 Å². The minimum atomic E-state index is -0.331. The number of furan rings is 1. The first-order valence-electron chi connectivity index (χ1n) is 7.64. The van der Waals surface area contributed by atoms with Crippen molar-refractivity contribution in [1.82, 2.24) is 10.2 Å². The zero-order valence-corrected chi connectivity index (χ0v) is 14.6. The molecule has 5 nitrogen and oxygen atoms in total. The van der Waals surface area contributed by atoms with E-state index < -0.39 is 0 Å². The molecule has 2 aromatic rings. The first kappa shape index (κ1) is 18.6. The van der Waals surface area contributed by atoms with Gasteiger partial charge >= 0.3 is 0 Å². The van der Waals surface area contributed by atoms with Gasteiger partial charge < -0.3 is 19.2 Å². The first-order valence-corrected chi connectivity index (χ1v) is 7.64. The smallest absolute Gasteiger partial charge is 0.163 e. The van der Waals surface area contributed by atoms with Crippen LogP contribution in [0.2, 0.25) is 0 Å². The van der Waals surface area contributed by atoms with Crippen molar-refractivity contribution in [2.45, 2.75) is 6.04 Å². The van der Waals surface area contributed by atoms with Gasteiger partial charge in [0.25, 0.3) is 0 Å². The average Bonchev–Trinajstić information content (AvgIpc) is 3.11. The Balaban J connectivity index is 0.00000208. The monoisotopic (exact) mass is 356 g/mol. The minimum absolute atomic E-state index is 0. The number of hydrogen-bond donors (Lipinski definition) is 1. The third-order valence-corrected chi connectivity index (χ3v) is 4.13. The van der Waals surface area contributed by atoms with E-state index in [1.807, 2.05) is 12.1 Å². The number of halogens is 2. The number of nitrogens with zero attached hydrogens (tertiary/aromatic N) is 1. The van der Waals surface area contributed by atoms with Crippen LogP contribution in [-0.4, -0.2) is 45.3 Å². The summed E-state index contributed by atoms with van der Waals surface area (Å²) in [6.45, 7) is 3.37. The molecular formula is C17H22ClFN2O3. The van der Waals surface area contributed by atoms with E-state index in [2.05, 4.69) is 10.2 Å². The maximum absolute atomic E-state index is 14.7. The average molecular weight is 357 g/mol. The molecule has 132 valence electrons. The van der Waals surface area contributed by atoms with Gasteiger partial charge in [0.2, 0.25) is 0 Å². The van der Waals surface area contributed by atoms with Crippen molar-refractivity contribution in [3.63, 3.8) is 0 Å². The second-order valence-corrected chi connectivity index (χ2v) is 5.43. The van der Waals surface area contributed by atoms with Gasteiger partial charge in [-0.25, -0.2) is 4.39 Å². The van der Waals surface area contributed by atoms with E-state index in [4.69, 9.17) is 13.9 Å². The van der Waals surface area contributed by atoms with Gasteiger partial charge in [-0.05, 0) is 18.2 Å². The lowest BCUT2D eigenvalue weighted by molar-refractivity contribution is 0.176. The summed E-state index contributed by atoms with van der Waals surface area (Å²) in [5, 5.41) is 3.31. The van der Waals surface area contributed by atoms with E-state index in [0.29, 0.717) is 17.1 Å². The van der Waals surface area contributed by atoms with Crippen molar-refractivity contribution in [3.8, 4) is 11.5 Å². The Kier molecular flexibility index (Phi) is 6.48. The van der Waals surface area contributed by atoms with Gasteiger partial charge in [0.05, 0.1) is 26.5 Å². The van der Waals surface area contributed by atoms with E-state index in [1.165, 1.54) is 13.2 Å². The number of methoxy groups -OCH3 is 2. The maximum atomic E-state index is 14.7. The molecule has 1 aromatic heterocycles. The highest BCUT2D eigenvalue weighted by atomic mass is 35.5. The van der Waals surface area contributed by atoms with Crippen molar-refractivity contribution in [2.24, 2.45) is 0 Å². The largest absolute Gasteiger partial charge is 0.493 e. The Bertz CT molecular complexity index is 646. The quantitative estimate of drug-likeness (QED) is 0.892. The summed E-state index contributed by atoms with van der Waals surface area (Å²) < 4.78 is 30.8. The molecule has 1 aliphatic heterocycles. The molecule has 7 heteroatoms. The molecule has 1 N–H and O–H groups in total. The summed E-state index contributed by atoms with van der Waals surface area (Å²) in [4.78, 5) is 2.21. The predicted molar refractivity (Wildman–Crippen MR) is 91.7 cm³/mol. The first-order chi connectivity index (χ1) is 11.2. The second kappa shape index (κ2) is 8.37. The summed E-state index contributed by atoms with van der Waals surface area (Å²) in [6.07, 6.45) is 1.61. The molecule has 1 fully saturated rings. The highest BCUT2D eigenvalue weighted by Gasteiger charge is 2.29. The van der Waals surface area contributed by atoms with Crippen LogP contribution < -0.4 is 14.8 Å². The molecule has 3 rings (SSSR count). The van der Waals surface area contributed by atoms with Crippen LogP contribution in [-0.2, 0) is 0 Å². The topological polar surface area (TPSA) is 46.9 Å². The molecular weight excluding hydrogens is 335 g/mol. The van der Waals surface area contributed by atoms with E-state index in [-0.39, 0.29) is 24.3 Å². The second-order valence-electron chi connectivity index (χ2n) is 5.43. The van der Waals surface area contributed by atoms with Crippen LogP contribution in [0.3, 0.4) is 0 Å². The van der Waals surface area contributed by atoms with Crippen LogP contribution in [0, 0.1) is 5.82 Å². The van der Waals surface area contributed by atoms with Gasteiger partial charge in [0.1, 0.15) is 11.6 Å². The Hall–Kier alpha value is -1.76. The molecule has 0 saturated carbocycles. The lowest BCUT2D eigenvalue weighted by atomic mass is 10.0. The lowest BCUT2D eigenvalue weighted by Crippen LogP contribution is -2.45. The number of hydrogen-bond acceptors (Lipinski definition) is 5. The summed E-state index contributed by atoms with van der Waals surface area (Å²) >= 11 is 0. The van der Waals surface area contributed by atoms with Gasteiger partial charge in [-0.3, -0.25) is 4.90 Å². The maximum Gasteiger partial charge on any atom is 0.163 e. The van der Waals surface area contributed by atoms with E-state index in [9.17, 15) is 4.39 Å². The summed E-state index contributed by atoms with van der Waals surface area (Å²) in [6, 6.07) is 6.48. The molecule has 0 radical (unpaired) electrons. The molecule has 0 unspecified atom stereocenters. The molecule has 0 amide bonds. The van der Waals surface area contributed by atoms with Crippen LogP contribution in [0.1, 0.15) is 17.4 Å². The van der Waals surface area contributed by atoms with Crippen LogP contribution in [0.4, 0.5) is 4.39 Å². The van der Waals surface area contributed by atoms with Crippen molar-refractivity contribution in [2.75, 3.05) is 40.4 Å². The van der Waals surface area contributed by atoms with Crippen LogP contribution in [0.15, 0.2) is 34.9 Å². The number of nitrogens with one attached hydrogen (secondary N) is 1. The standard InChI is InChI=1S/C17H21FN2O3.ClH/c1-21-15-10-12(13(18)11-16(15)22-2)17(14-4-3-9-23-14)20-7-5-19-6-8-20;/h3-4,9-11,17,19H,5-8H2,1-2H3;1H/t17-;/m1./s1. The van der Waals surface area contributed by atoms with Gasteiger partial charge in [-0.1, -0.05) is 0 Å². The minimum Gasteiger partial charge on any atom is -0.493 e. The predicted octanol–water partition coefficient (Wildman–Crippen LogP) is 2.85. The van der Waals surface area contributed by atoms with Gasteiger partial charge in [0.15, 0.2) is 11.5 Å². The number of benzene rings is 1. The summed E-state index contributed by atoms with van der Waals surface area (Å²) in [5.41, 5.74) is 0.527. The molecule has 2 heterocycles. The Morgan fingerprint density at radius 3 is 2.42 bits per heavy atom. The molecule has 0 aliphatic carbocycles. The molecule has 1 atom stereocenters.